The minimum absolute atomic E-state index is 0.0818. The van der Waals surface area contributed by atoms with Crippen molar-refractivity contribution in [1.82, 2.24) is 4.90 Å². The van der Waals surface area contributed by atoms with E-state index in [0.29, 0.717) is 18.8 Å². The lowest BCUT2D eigenvalue weighted by Gasteiger charge is -2.34. The number of carboxylic acids is 1. The van der Waals surface area contributed by atoms with Gasteiger partial charge in [0.15, 0.2) is 0 Å². The fourth-order valence-corrected chi connectivity index (χ4v) is 2.34. The van der Waals surface area contributed by atoms with Crippen LogP contribution in [0.25, 0.3) is 0 Å². The Morgan fingerprint density at radius 3 is 2.50 bits per heavy atom. The van der Waals surface area contributed by atoms with Gasteiger partial charge in [0.05, 0.1) is 0 Å². The Morgan fingerprint density at radius 2 is 2.19 bits per heavy atom. The number of hydrogen-bond acceptors (Lipinski definition) is 2. The molecule has 1 amide bonds. The quantitative estimate of drug-likeness (QED) is 0.771. The van der Waals surface area contributed by atoms with Crippen molar-refractivity contribution in [2.45, 2.75) is 33.2 Å². The molecule has 0 radical (unpaired) electrons. The predicted molar refractivity (Wildman–Crippen MR) is 61.4 cm³/mol. The van der Waals surface area contributed by atoms with Gasteiger partial charge in [-0.2, -0.15) is 0 Å². The van der Waals surface area contributed by atoms with Crippen LogP contribution in [0.15, 0.2) is 0 Å². The van der Waals surface area contributed by atoms with E-state index >= 15 is 0 Å². The van der Waals surface area contributed by atoms with Crippen LogP contribution in [0, 0.1) is 11.3 Å². The van der Waals surface area contributed by atoms with E-state index in [0.717, 1.165) is 0 Å². The molecule has 0 aromatic carbocycles. The summed E-state index contributed by atoms with van der Waals surface area (Å²) in [5.41, 5.74) is -0.470. The van der Waals surface area contributed by atoms with Gasteiger partial charge < -0.3 is 10.0 Å². The number of rotatable bonds is 3. The highest BCUT2D eigenvalue weighted by Crippen LogP contribution is 2.30. The van der Waals surface area contributed by atoms with E-state index in [4.69, 9.17) is 11.6 Å². The van der Waals surface area contributed by atoms with Gasteiger partial charge in [-0.3, -0.25) is 4.79 Å². The fourth-order valence-electron chi connectivity index (χ4n) is 2.13. The van der Waals surface area contributed by atoms with E-state index in [-0.39, 0.29) is 11.8 Å². The van der Waals surface area contributed by atoms with Crippen molar-refractivity contribution in [1.29, 1.82) is 0 Å². The summed E-state index contributed by atoms with van der Waals surface area (Å²) in [5, 5.41) is 9.22. The van der Waals surface area contributed by atoms with Crippen molar-refractivity contribution in [3.05, 3.63) is 0 Å². The highest BCUT2D eigenvalue weighted by Gasteiger charge is 2.43. The number of carboxylic acid groups (broad SMARTS) is 1. The SMILES string of the molecule is CC(C)(C)[C@@H](C(=O)O)N1CC(CCl)CC1=O. The van der Waals surface area contributed by atoms with Crippen LogP contribution in [-0.4, -0.2) is 40.3 Å². The first-order valence-corrected chi connectivity index (χ1v) is 5.89. The smallest absolute Gasteiger partial charge is 0.326 e. The predicted octanol–water partition coefficient (Wildman–Crippen LogP) is 1.57. The van der Waals surface area contributed by atoms with Crippen LogP contribution in [-0.2, 0) is 9.59 Å². The molecule has 0 spiro atoms. The molecule has 1 unspecified atom stereocenters. The normalized spacial score (nSPS) is 23.6. The van der Waals surface area contributed by atoms with Crippen molar-refractivity contribution in [2.75, 3.05) is 12.4 Å². The van der Waals surface area contributed by atoms with E-state index in [2.05, 4.69) is 0 Å². The molecule has 92 valence electrons. The minimum Gasteiger partial charge on any atom is -0.480 e. The molecule has 1 aliphatic rings. The third-order valence-corrected chi connectivity index (χ3v) is 3.26. The second-order valence-corrected chi connectivity index (χ2v) is 5.69. The molecule has 0 saturated carbocycles. The molecule has 0 aromatic heterocycles. The largest absolute Gasteiger partial charge is 0.480 e. The third-order valence-electron chi connectivity index (χ3n) is 2.82. The van der Waals surface area contributed by atoms with Crippen molar-refractivity contribution in [2.24, 2.45) is 11.3 Å². The van der Waals surface area contributed by atoms with Crippen LogP contribution < -0.4 is 0 Å². The summed E-state index contributed by atoms with van der Waals surface area (Å²) in [4.78, 5) is 24.4. The number of nitrogens with zero attached hydrogens (tertiary/aromatic N) is 1. The topological polar surface area (TPSA) is 57.6 Å². The number of likely N-dealkylation sites (tertiary alicyclic amines) is 1. The second kappa shape index (κ2) is 4.62. The van der Waals surface area contributed by atoms with Crippen molar-refractivity contribution in [3.8, 4) is 0 Å². The Labute approximate surface area is 101 Å². The van der Waals surface area contributed by atoms with Crippen LogP contribution >= 0.6 is 11.6 Å². The number of halogens is 1. The monoisotopic (exact) mass is 247 g/mol. The lowest BCUT2D eigenvalue weighted by atomic mass is 9.85. The zero-order valence-corrected chi connectivity index (χ0v) is 10.6. The number of hydrogen-bond donors (Lipinski definition) is 1. The molecular formula is C11H18ClNO3. The Morgan fingerprint density at radius 1 is 1.62 bits per heavy atom. The Kier molecular flexibility index (Phi) is 3.84. The summed E-state index contributed by atoms with van der Waals surface area (Å²) in [6.07, 6.45) is 0.364. The van der Waals surface area contributed by atoms with Gasteiger partial charge in [-0.05, 0) is 11.3 Å². The molecule has 1 heterocycles. The molecule has 4 nitrogen and oxygen atoms in total. The van der Waals surface area contributed by atoms with E-state index in [1.54, 1.807) is 0 Å². The van der Waals surface area contributed by atoms with Gasteiger partial charge in [0, 0.05) is 18.8 Å². The summed E-state index contributed by atoms with van der Waals surface area (Å²) >= 11 is 5.71. The molecule has 1 fully saturated rings. The molecule has 16 heavy (non-hydrogen) atoms. The van der Waals surface area contributed by atoms with Crippen LogP contribution in [0.2, 0.25) is 0 Å². The van der Waals surface area contributed by atoms with Crippen LogP contribution in [0.5, 0.6) is 0 Å². The first-order valence-electron chi connectivity index (χ1n) is 5.35. The van der Waals surface area contributed by atoms with Crippen LogP contribution in [0.1, 0.15) is 27.2 Å². The molecule has 0 aromatic rings. The molecule has 1 N–H and O–H groups in total. The summed E-state index contributed by atoms with van der Waals surface area (Å²) in [6.45, 7) is 5.93. The van der Waals surface area contributed by atoms with E-state index < -0.39 is 17.4 Å². The van der Waals surface area contributed by atoms with Gasteiger partial charge in [0.25, 0.3) is 0 Å². The van der Waals surface area contributed by atoms with Crippen molar-refractivity contribution >= 4 is 23.5 Å². The zero-order valence-electron chi connectivity index (χ0n) is 9.86. The average Bonchev–Trinajstić information content (AvgIpc) is 2.44. The highest BCUT2D eigenvalue weighted by atomic mass is 35.5. The van der Waals surface area contributed by atoms with Gasteiger partial charge in [-0.1, -0.05) is 20.8 Å². The Hall–Kier alpha value is -0.770. The van der Waals surface area contributed by atoms with Gasteiger partial charge in [-0.25, -0.2) is 4.79 Å². The van der Waals surface area contributed by atoms with Crippen LogP contribution in [0.3, 0.4) is 0 Å². The molecule has 1 aliphatic heterocycles. The summed E-state index contributed by atoms with van der Waals surface area (Å²) in [7, 11) is 0. The van der Waals surface area contributed by atoms with Gasteiger partial charge in [0.1, 0.15) is 6.04 Å². The fraction of sp³-hybridized carbons (Fsp3) is 0.818. The van der Waals surface area contributed by atoms with Gasteiger partial charge >= 0.3 is 5.97 Å². The van der Waals surface area contributed by atoms with Gasteiger partial charge in [0.2, 0.25) is 5.91 Å². The number of carbonyl (C=O) groups is 2. The zero-order chi connectivity index (χ0) is 12.5. The maximum absolute atomic E-state index is 11.7. The third kappa shape index (κ3) is 2.67. The van der Waals surface area contributed by atoms with E-state index in [9.17, 15) is 14.7 Å². The van der Waals surface area contributed by atoms with Crippen molar-refractivity contribution in [3.63, 3.8) is 0 Å². The van der Waals surface area contributed by atoms with Gasteiger partial charge in [-0.15, -0.1) is 11.6 Å². The Bertz CT molecular complexity index is 298. The average molecular weight is 248 g/mol. The number of carbonyl (C=O) groups excluding carboxylic acids is 1. The standard InChI is InChI=1S/C11H18ClNO3/c1-11(2,3)9(10(15)16)13-6-7(5-12)4-8(13)14/h7,9H,4-6H2,1-3H3,(H,15,16)/t7?,9-/m1/s1. The molecule has 0 bridgehead atoms. The highest BCUT2D eigenvalue weighted by molar-refractivity contribution is 6.18. The van der Waals surface area contributed by atoms with Crippen molar-refractivity contribution < 1.29 is 14.7 Å². The minimum atomic E-state index is -0.948. The first-order chi connectivity index (χ1) is 7.27. The molecule has 1 saturated heterocycles. The number of aliphatic carboxylic acids is 1. The first kappa shape index (κ1) is 13.3. The molecule has 5 heteroatoms. The maximum Gasteiger partial charge on any atom is 0.326 e. The second-order valence-electron chi connectivity index (χ2n) is 5.38. The van der Waals surface area contributed by atoms with E-state index in [1.807, 2.05) is 20.8 Å². The number of amides is 1. The molecular weight excluding hydrogens is 230 g/mol. The summed E-state index contributed by atoms with van der Waals surface area (Å²) < 4.78 is 0. The lowest BCUT2D eigenvalue weighted by molar-refractivity contribution is -0.153. The lowest BCUT2D eigenvalue weighted by Crippen LogP contribution is -2.50. The van der Waals surface area contributed by atoms with E-state index in [1.165, 1.54) is 4.90 Å². The molecule has 2 atom stereocenters. The Balaban J connectivity index is 2.89. The summed E-state index contributed by atoms with van der Waals surface area (Å²) in [5.74, 6) is -0.568. The number of alkyl halides is 1. The molecule has 1 rings (SSSR count). The molecule has 0 aliphatic carbocycles. The van der Waals surface area contributed by atoms with Crippen LogP contribution in [0.4, 0.5) is 0 Å². The maximum atomic E-state index is 11.7. The summed E-state index contributed by atoms with van der Waals surface area (Å²) in [6, 6.07) is -0.770.